The van der Waals surface area contributed by atoms with Gasteiger partial charge in [-0.05, 0) is 37.3 Å². The van der Waals surface area contributed by atoms with E-state index in [0.29, 0.717) is 19.0 Å². The minimum Gasteiger partial charge on any atom is -0.480 e. The Morgan fingerprint density at radius 1 is 1.13 bits per heavy atom. The number of likely N-dealkylation sites (tertiary alicyclic amines) is 1. The first-order valence-corrected chi connectivity index (χ1v) is 17.0. The fourth-order valence-electron chi connectivity index (χ4n) is 4.97. The molecule has 5 rings (SSSR count). The van der Waals surface area contributed by atoms with Gasteiger partial charge in [-0.15, -0.1) is 11.8 Å². The van der Waals surface area contributed by atoms with Gasteiger partial charge in [0.2, 0.25) is 12.8 Å². The third-order valence-corrected chi connectivity index (χ3v) is 8.56. The average molecular weight is 661 g/mol. The van der Waals surface area contributed by atoms with E-state index in [4.69, 9.17) is 14.7 Å². The number of hydrogen-bond donors (Lipinski definition) is 4. The van der Waals surface area contributed by atoms with Crippen LogP contribution in [0.3, 0.4) is 0 Å². The van der Waals surface area contributed by atoms with Crippen molar-refractivity contribution in [3.63, 3.8) is 0 Å². The molecule has 46 heavy (non-hydrogen) atoms. The molecule has 0 radical (unpaired) electrons. The maximum atomic E-state index is 10.6. The normalized spacial score (nSPS) is 18.3. The Hall–Kier alpha value is -3.55. The van der Waals surface area contributed by atoms with Crippen molar-refractivity contribution in [3.8, 4) is 0 Å². The summed E-state index contributed by atoms with van der Waals surface area (Å²) in [5, 5.41) is 27.7. The van der Waals surface area contributed by atoms with Crippen molar-refractivity contribution >= 4 is 41.3 Å². The number of aromatic nitrogens is 1. The second-order valence-electron chi connectivity index (χ2n) is 11.5. The van der Waals surface area contributed by atoms with E-state index in [9.17, 15) is 14.4 Å². The van der Waals surface area contributed by atoms with Crippen molar-refractivity contribution in [2.24, 2.45) is 5.92 Å². The molecule has 2 aromatic rings. The number of anilines is 1. The summed E-state index contributed by atoms with van der Waals surface area (Å²) in [6.45, 7) is 16.8. The number of aliphatic carboxylic acids is 1. The van der Waals surface area contributed by atoms with Crippen LogP contribution in [0.25, 0.3) is 4.91 Å². The second kappa shape index (κ2) is 20.5. The molecule has 1 unspecified atom stereocenters. The Morgan fingerprint density at radius 2 is 1.80 bits per heavy atom. The molecule has 2 fully saturated rings. The van der Waals surface area contributed by atoms with E-state index in [1.807, 2.05) is 43.5 Å². The number of carbonyl (C=O) groups is 3. The predicted molar refractivity (Wildman–Crippen MR) is 183 cm³/mol. The van der Waals surface area contributed by atoms with Gasteiger partial charge in [0.15, 0.2) is 5.82 Å². The number of carboxylic acids is 1. The van der Waals surface area contributed by atoms with Gasteiger partial charge in [-0.3, -0.25) is 19.3 Å². The maximum absolute atomic E-state index is 10.6. The van der Waals surface area contributed by atoms with Crippen molar-refractivity contribution in [1.82, 2.24) is 25.6 Å². The zero-order valence-corrected chi connectivity index (χ0v) is 28.9. The Kier molecular flexibility index (Phi) is 17.3. The first-order valence-electron chi connectivity index (χ1n) is 16.0. The van der Waals surface area contributed by atoms with Gasteiger partial charge in [0, 0.05) is 62.4 Å². The molecule has 4 N–H and O–H groups in total. The smallest absolute Gasteiger partial charge is 0.317 e. The Morgan fingerprint density at radius 3 is 2.28 bits per heavy atom. The van der Waals surface area contributed by atoms with Crippen molar-refractivity contribution in [2.75, 3.05) is 56.6 Å². The molecule has 4 heterocycles. The largest absolute Gasteiger partial charge is 0.480 e. The second-order valence-corrected chi connectivity index (χ2v) is 12.5. The van der Waals surface area contributed by atoms with E-state index < -0.39 is 5.97 Å². The zero-order valence-electron chi connectivity index (χ0n) is 28.1. The van der Waals surface area contributed by atoms with Crippen LogP contribution in [-0.4, -0.2) is 102 Å². The number of nitrogens with one attached hydrogen (secondary N) is 2. The van der Waals surface area contributed by atoms with E-state index in [1.165, 1.54) is 16.2 Å². The topological polar surface area (TPSA) is 151 Å². The van der Waals surface area contributed by atoms with E-state index >= 15 is 0 Å². The molecule has 1 aromatic carbocycles. The number of rotatable bonds is 10. The van der Waals surface area contributed by atoms with Crippen molar-refractivity contribution in [1.29, 1.82) is 0 Å². The fourth-order valence-corrected chi connectivity index (χ4v) is 5.99. The van der Waals surface area contributed by atoms with Crippen LogP contribution in [0.15, 0.2) is 40.6 Å². The zero-order chi connectivity index (χ0) is 34.1. The molecule has 13 heteroatoms. The molecule has 0 aliphatic carbocycles. The lowest BCUT2D eigenvalue weighted by Crippen LogP contribution is -2.48. The maximum Gasteiger partial charge on any atom is 0.317 e. The van der Waals surface area contributed by atoms with Crippen molar-refractivity contribution < 1.29 is 29.1 Å². The molecule has 0 saturated carbocycles. The number of piperazine rings is 1. The average Bonchev–Trinajstić information content (AvgIpc) is 3.80. The molecule has 2 saturated heterocycles. The number of aliphatic hydroxyl groups is 1. The summed E-state index contributed by atoms with van der Waals surface area (Å²) in [5.41, 5.74) is 3.59. The lowest BCUT2D eigenvalue weighted by atomic mass is 10.1. The van der Waals surface area contributed by atoms with Crippen LogP contribution in [0.5, 0.6) is 0 Å². The number of allylic oxidation sites excluding steroid dienone is 1. The number of hydrogen-bond acceptors (Lipinski definition) is 10. The predicted octanol–water partition coefficient (Wildman–Crippen LogP) is 3.79. The standard InChI is InChI=1S/C13H21N3O3.C13H16N2OS.C5H9NO2.C2H6/c1-10(2)7-11-8-12(14-19-11)16-5-3-15(4-6-16)9-13(17)18;1-9(14-7-16)11-3-5-12(6-4-11)13-10(2)15-8-17-13;7-4-6-2-1-5(8)3-6;1-2/h8,10H,3-7,9H2,1-2H3,(H,17,18);3-7,9,15H,8H2,1-2H3,(H,14,16);4-5,8H,1-3H2;1-2H3/t;9-;;/m.0../s1. The van der Waals surface area contributed by atoms with Crippen LogP contribution >= 0.6 is 11.8 Å². The van der Waals surface area contributed by atoms with Gasteiger partial charge in [-0.25, -0.2) is 0 Å². The minimum atomic E-state index is -0.769. The highest BCUT2D eigenvalue weighted by molar-refractivity contribution is 8.08. The van der Waals surface area contributed by atoms with Crippen LogP contribution in [0.4, 0.5) is 5.82 Å². The van der Waals surface area contributed by atoms with Crippen LogP contribution in [0.1, 0.15) is 70.9 Å². The van der Waals surface area contributed by atoms with E-state index in [0.717, 1.165) is 74.9 Å². The molecule has 2 atom stereocenters. The SMILES string of the molecule is CC.CC(C)Cc1cc(N2CCN(CC(=O)O)CC2)no1.CC1=C(c2ccc([C@H](C)NC=O)cc2)SCN1.O=CN1CCC(O)C1. The third-order valence-electron chi connectivity index (χ3n) is 7.44. The van der Waals surface area contributed by atoms with Crippen LogP contribution in [0, 0.1) is 5.92 Å². The number of carboxylic acid groups (broad SMARTS) is 1. The van der Waals surface area contributed by atoms with Crippen LogP contribution < -0.4 is 15.5 Å². The number of aliphatic hydroxyl groups excluding tert-OH is 1. The molecule has 0 bridgehead atoms. The lowest BCUT2D eigenvalue weighted by Gasteiger charge is -2.33. The number of carbonyl (C=O) groups excluding carboxylic acids is 2. The molecule has 3 aliphatic rings. The van der Waals surface area contributed by atoms with E-state index in [1.54, 1.807) is 4.90 Å². The molecule has 256 valence electrons. The Bertz CT molecular complexity index is 1230. The molecule has 12 nitrogen and oxygen atoms in total. The Balaban J connectivity index is 0.000000250. The summed E-state index contributed by atoms with van der Waals surface area (Å²) >= 11 is 1.82. The number of benzene rings is 1. The monoisotopic (exact) mass is 660 g/mol. The fraction of sp³-hybridized carbons (Fsp3) is 0.576. The highest BCUT2D eigenvalue weighted by Gasteiger charge is 2.21. The third kappa shape index (κ3) is 13.1. The number of thioether (sulfide) groups is 1. The molecular weight excluding hydrogens is 608 g/mol. The summed E-state index contributed by atoms with van der Waals surface area (Å²) in [6.07, 6.45) is 2.86. The van der Waals surface area contributed by atoms with Gasteiger partial charge in [-0.1, -0.05) is 57.1 Å². The first-order chi connectivity index (χ1) is 22.1. The van der Waals surface area contributed by atoms with Crippen molar-refractivity contribution in [3.05, 3.63) is 52.9 Å². The van der Waals surface area contributed by atoms with Crippen LogP contribution in [0.2, 0.25) is 0 Å². The highest BCUT2D eigenvalue weighted by atomic mass is 32.2. The van der Waals surface area contributed by atoms with E-state index in [2.05, 4.69) is 65.7 Å². The van der Waals surface area contributed by atoms with Crippen LogP contribution in [-0.2, 0) is 20.8 Å². The van der Waals surface area contributed by atoms with Gasteiger partial charge in [-0.2, -0.15) is 0 Å². The molecule has 2 amide bonds. The molecule has 3 aliphatic heterocycles. The van der Waals surface area contributed by atoms with Gasteiger partial charge in [0.1, 0.15) is 5.76 Å². The number of nitrogens with zero attached hydrogens (tertiary/aromatic N) is 4. The van der Waals surface area contributed by atoms with Gasteiger partial charge in [0.25, 0.3) is 0 Å². The number of amides is 2. The summed E-state index contributed by atoms with van der Waals surface area (Å²) in [5.74, 6) is 2.51. The van der Waals surface area contributed by atoms with Gasteiger partial charge < -0.3 is 35.2 Å². The van der Waals surface area contributed by atoms with Gasteiger partial charge in [0.05, 0.1) is 24.6 Å². The summed E-state index contributed by atoms with van der Waals surface area (Å²) in [7, 11) is 0. The summed E-state index contributed by atoms with van der Waals surface area (Å²) in [6, 6.07) is 10.4. The molecule has 0 spiro atoms. The van der Waals surface area contributed by atoms with E-state index in [-0.39, 0.29) is 18.7 Å². The number of β-amino-alcohol motifs (C(OH)–C–C–N with tert-alkyl or cyclic N) is 1. The minimum absolute atomic E-state index is 0.0611. The lowest BCUT2D eigenvalue weighted by molar-refractivity contribution is -0.138. The summed E-state index contributed by atoms with van der Waals surface area (Å²) < 4.78 is 5.32. The first kappa shape index (κ1) is 38.6. The highest BCUT2D eigenvalue weighted by Crippen LogP contribution is 2.34. The molecule has 1 aromatic heterocycles. The Labute approximate surface area is 277 Å². The summed E-state index contributed by atoms with van der Waals surface area (Å²) in [4.78, 5) is 38.0. The van der Waals surface area contributed by atoms with Crippen molar-refractivity contribution in [2.45, 2.75) is 66.5 Å². The van der Waals surface area contributed by atoms with Gasteiger partial charge >= 0.3 is 5.97 Å². The molecular formula is C33H52N6O6S. The quantitative estimate of drug-likeness (QED) is 0.276.